The molecule has 0 unspecified atom stereocenters. The lowest BCUT2D eigenvalue weighted by Crippen LogP contribution is -2.49. The third kappa shape index (κ3) is 3.91. The molecule has 4 aromatic rings. The van der Waals surface area contributed by atoms with Crippen molar-refractivity contribution in [2.75, 3.05) is 31.1 Å². The predicted molar refractivity (Wildman–Crippen MR) is 131 cm³/mol. The fourth-order valence-electron chi connectivity index (χ4n) is 4.27. The second kappa shape index (κ2) is 8.80. The van der Waals surface area contributed by atoms with Crippen LogP contribution in [0.4, 0.5) is 11.4 Å². The first-order valence-corrected chi connectivity index (χ1v) is 12.3. The zero-order valence-electron chi connectivity index (χ0n) is 17.5. The smallest absolute Gasteiger partial charge is 0.357 e. The number of fused-ring (bicyclic) bond motifs is 1. The largest absolute Gasteiger partial charge is 0.362 e. The molecule has 168 valence electrons. The van der Waals surface area contributed by atoms with Crippen molar-refractivity contribution >= 4 is 50.9 Å². The minimum atomic E-state index is -0.614. The summed E-state index contributed by atoms with van der Waals surface area (Å²) in [6.07, 6.45) is 0. The van der Waals surface area contributed by atoms with Crippen molar-refractivity contribution in [3.63, 3.8) is 0 Å². The average molecular weight is 481 g/mol. The van der Waals surface area contributed by atoms with E-state index in [1.165, 1.54) is 27.2 Å². The van der Waals surface area contributed by atoms with Gasteiger partial charge in [0, 0.05) is 31.6 Å². The number of pyridine rings is 1. The molecule has 0 spiro atoms. The Kier molecular flexibility index (Phi) is 5.69. The lowest BCUT2D eigenvalue weighted by molar-refractivity contribution is -0.385. The van der Waals surface area contributed by atoms with E-state index < -0.39 is 16.2 Å². The summed E-state index contributed by atoms with van der Waals surface area (Å²) >= 11 is 2.92. The summed E-state index contributed by atoms with van der Waals surface area (Å²) in [5.41, 5.74) is 0.894. The van der Waals surface area contributed by atoms with Crippen LogP contribution in [0.5, 0.6) is 0 Å². The van der Waals surface area contributed by atoms with Crippen LogP contribution < -0.4 is 10.5 Å². The molecule has 1 aromatic carbocycles. The van der Waals surface area contributed by atoms with Gasteiger partial charge in [0.05, 0.1) is 21.9 Å². The average Bonchev–Trinajstić information content (AvgIpc) is 3.54. The Morgan fingerprint density at radius 1 is 1.03 bits per heavy atom. The second-order valence-corrected chi connectivity index (χ2v) is 9.48. The van der Waals surface area contributed by atoms with E-state index in [9.17, 15) is 19.7 Å². The molecular formula is C23H20N4O4S2. The zero-order chi connectivity index (χ0) is 22.9. The van der Waals surface area contributed by atoms with Crippen LogP contribution in [0.15, 0.2) is 63.4 Å². The van der Waals surface area contributed by atoms with Crippen molar-refractivity contribution < 1.29 is 9.72 Å². The minimum absolute atomic E-state index is 0.0322. The highest BCUT2D eigenvalue weighted by Gasteiger charge is 2.32. The summed E-state index contributed by atoms with van der Waals surface area (Å²) in [7, 11) is 0. The van der Waals surface area contributed by atoms with Crippen LogP contribution in [-0.4, -0.2) is 46.5 Å². The maximum atomic E-state index is 13.4. The number of aromatic nitrogens is 1. The molecule has 3 aromatic heterocycles. The number of amides is 1. The highest BCUT2D eigenvalue weighted by atomic mass is 32.1. The molecule has 1 aliphatic heterocycles. The number of piperazine rings is 1. The minimum Gasteiger partial charge on any atom is -0.362 e. The van der Waals surface area contributed by atoms with Crippen molar-refractivity contribution in [1.29, 1.82) is 0 Å². The molecular weight excluding hydrogens is 460 g/mol. The molecule has 0 bridgehead atoms. The van der Waals surface area contributed by atoms with Crippen LogP contribution >= 0.6 is 22.7 Å². The number of nitro groups is 1. The first-order chi connectivity index (χ1) is 16.0. The van der Waals surface area contributed by atoms with Crippen molar-refractivity contribution in [2.24, 2.45) is 0 Å². The maximum Gasteiger partial charge on any atom is 0.357 e. The standard InChI is InChI=1S/C23H20N4O4S2/c28-22(19-6-3-12-33-19)25-10-8-24(9-11-25)20-17-4-1-2-5-18(17)26(14-16-7-13-32-15-16)23(29)21(20)27(30)31/h1-7,12-13,15H,8-11,14H2. The molecule has 1 amide bonds. The number of rotatable bonds is 5. The number of benzene rings is 1. The van der Waals surface area contributed by atoms with Crippen LogP contribution in [-0.2, 0) is 6.54 Å². The Labute approximate surface area is 197 Å². The molecule has 0 aliphatic carbocycles. The molecule has 1 fully saturated rings. The molecule has 8 nitrogen and oxygen atoms in total. The van der Waals surface area contributed by atoms with E-state index in [1.54, 1.807) is 11.0 Å². The van der Waals surface area contributed by atoms with Gasteiger partial charge >= 0.3 is 11.2 Å². The molecule has 0 radical (unpaired) electrons. The zero-order valence-corrected chi connectivity index (χ0v) is 19.2. The first-order valence-electron chi connectivity index (χ1n) is 10.4. The molecule has 1 aliphatic rings. The Balaban J connectivity index is 1.55. The van der Waals surface area contributed by atoms with Crippen molar-refractivity contribution in [3.8, 4) is 0 Å². The summed E-state index contributed by atoms with van der Waals surface area (Å²) in [4.78, 5) is 41.9. The van der Waals surface area contributed by atoms with Crippen LogP contribution in [0.3, 0.4) is 0 Å². The van der Waals surface area contributed by atoms with E-state index in [0.29, 0.717) is 47.6 Å². The van der Waals surface area contributed by atoms with Crippen LogP contribution in [0, 0.1) is 10.1 Å². The van der Waals surface area contributed by atoms with Gasteiger partial charge in [-0.3, -0.25) is 24.3 Å². The number of para-hydroxylation sites is 1. The summed E-state index contributed by atoms with van der Waals surface area (Å²) in [5.74, 6) is -0.0322. The molecule has 4 heterocycles. The van der Waals surface area contributed by atoms with E-state index in [-0.39, 0.29) is 12.5 Å². The van der Waals surface area contributed by atoms with Gasteiger partial charge in [-0.15, -0.1) is 11.3 Å². The number of hydrogen-bond donors (Lipinski definition) is 0. The quantitative estimate of drug-likeness (QED) is 0.318. The third-order valence-electron chi connectivity index (χ3n) is 5.84. The monoisotopic (exact) mass is 480 g/mol. The van der Waals surface area contributed by atoms with Crippen LogP contribution in [0.1, 0.15) is 15.2 Å². The summed E-state index contributed by atoms with van der Waals surface area (Å²) < 4.78 is 1.48. The Hall–Kier alpha value is -3.50. The molecule has 5 rings (SSSR count). The van der Waals surface area contributed by atoms with E-state index in [0.717, 1.165) is 5.56 Å². The maximum absolute atomic E-state index is 13.4. The Bertz CT molecular complexity index is 1370. The van der Waals surface area contributed by atoms with E-state index in [2.05, 4.69) is 0 Å². The van der Waals surface area contributed by atoms with Gasteiger partial charge in [0.15, 0.2) is 0 Å². The van der Waals surface area contributed by atoms with Gasteiger partial charge in [-0.2, -0.15) is 11.3 Å². The van der Waals surface area contributed by atoms with Gasteiger partial charge in [0.25, 0.3) is 5.91 Å². The molecule has 1 saturated heterocycles. The van der Waals surface area contributed by atoms with Gasteiger partial charge in [0.1, 0.15) is 5.69 Å². The molecule has 0 atom stereocenters. The molecule has 0 saturated carbocycles. The molecule has 33 heavy (non-hydrogen) atoms. The fourth-order valence-corrected chi connectivity index (χ4v) is 5.62. The Morgan fingerprint density at radius 2 is 1.82 bits per heavy atom. The summed E-state index contributed by atoms with van der Waals surface area (Å²) in [5, 5.41) is 18.5. The number of carbonyl (C=O) groups excluding carboxylic acids is 1. The molecule has 0 N–H and O–H groups in total. The SMILES string of the molecule is O=C(c1cccs1)N1CCN(c2c([N+](=O)[O-])c(=O)n(Cc3ccsc3)c3ccccc23)CC1. The number of nitrogens with zero attached hydrogens (tertiary/aromatic N) is 4. The summed E-state index contributed by atoms with van der Waals surface area (Å²) in [6, 6.07) is 12.9. The Morgan fingerprint density at radius 3 is 2.48 bits per heavy atom. The van der Waals surface area contributed by atoms with Crippen molar-refractivity contribution in [3.05, 3.63) is 89.5 Å². The lowest BCUT2D eigenvalue weighted by atomic mass is 10.1. The van der Waals surface area contributed by atoms with Gasteiger partial charge < -0.3 is 9.80 Å². The van der Waals surface area contributed by atoms with Crippen molar-refractivity contribution in [2.45, 2.75) is 6.54 Å². The van der Waals surface area contributed by atoms with Gasteiger partial charge in [0.2, 0.25) is 0 Å². The van der Waals surface area contributed by atoms with E-state index >= 15 is 0 Å². The van der Waals surface area contributed by atoms with Gasteiger partial charge in [-0.05, 0) is 39.9 Å². The summed E-state index contributed by atoms with van der Waals surface area (Å²) in [6.45, 7) is 1.96. The number of anilines is 1. The van der Waals surface area contributed by atoms with Crippen LogP contribution in [0.2, 0.25) is 0 Å². The highest BCUT2D eigenvalue weighted by Crippen LogP contribution is 2.34. The van der Waals surface area contributed by atoms with E-state index in [1.807, 2.05) is 57.4 Å². The number of thiophene rings is 2. The molecule has 10 heteroatoms. The second-order valence-electron chi connectivity index (χ2n) is 7.75. The fraction of sp³-hybridized carbons (Fsp3) is 0.217. The normalized spacial score (nSPS) is 14.1. The topological polar surface area (TPSA) is 88.7 Å². The third-order valence-corrected chi connectivity index (χ3v) is 7.43. The number of hydrogen-bond acceptors (Lipinski definition) is 7. The number of carbonyl (C=O) groups is 1. The predicted octanol–water partition coefficient (Wildman–Crippen LogP) is 4.04. The van der Waals surface area contributed by atoms with Gasteiger partial charge in [-0.1, -0.05) is 24.3 Å². The van der Waals surface area contributed by atoms with Gasteiger partial charge in [-0.25, -0.2) is 0 Å². The van der Waals surface area contributed by atoms with Crippen LogP contribution in [0.25, 0.3) is 10.9 Å². The van der Waals surface area contributed by atoms with E-state index in [4.69, 9.17) is 0 Å². The first kappa shape index (κ1) is 21.4. The lowest BCUT2D eigenvalue weighted by Gasteiger charge is -2.36. The highest BCUT2D eigenvalue weighted by molar-refractivity contribution is 7.12. The van der Waals surface area contributed by atoms with Crippen molar-refractivity contribution in [1.82, 2.24) is 9.47 Å².